The number of carbonyl (C=O) groups is 4. The van der Waals surface area contributed by atoms with Gasteiger partial charge in [0.15, 0.2) is 0 Å². The molecule has 330 valence electrons. The summed E-state index contributed by atoms with van der Waals surface area (Å²) in [4.78, 5) is 62.6. The largest absolute Gasteiger partial charge is 0.497 e. The first-order chi connectivity index (χ1) is 28.0. The summed E-state index contributed by atoms with van der Waals surface area (Å²) in [5.41, 5.74) is -4.78. The standard InChI is InChI=1S/C41H54F3N5O10S/c1-8-24-17-23(2)11-9-10-12-26-21-40(26,36(52)47-60(55,56)39(5)15-16-39)46-33(50)30-20-28(59-34-29-14-13-27(57-6)18-25(29)19-31(45-34)58-7)22-48(30)35(51)32(24)49(37(53)54)38(3,4)41(42,43)44/h10,12-14,18-19,23-24,26,28,30,32H,8-9,11,15-17,20-22H2,1-7H3,(H,46,50)(H,47,52)(H,53,54)/b12-10-/t23-,24-,26-,28-,30+,32+,40-/m1/s1. The first-order valence-corrected chi connectivity index (χ1v) is 21.6. The topological polar surface area (TPSA) is 194 Å². The molecule has 60 heavy (non-hydrogen) atoms. The maximum Gasteiger partial charge on any atom is 0.411 e. The number of amides is 4. The summed E-state index contributed by atoms with van der Waals surface area (Å²) in [5, 5.41) is 14.4. The third-order valence-corrected chi connectivity index (χ3v) is 15.0. The van der Waals surface area contributed by atoms with Crippen LogP contribution in [0.25, 0.3) is 10.8 Å². The molecule has 2 aliphatic carbocycles. The molecule has 19 heteroatoms. The van der Waals surface area contributed by atoms with Crippen molar-refractivity contribution in [1.82, 2.24) is 24.8 Å². The van der Waals surface area contributed by atoms with Crippen molar-refractivity contribution < 1.29 is 60.1 Å². The fourth-order valence-electron chi connectivity index (χ4n) is 8.43. The quantitative estimate of drug-likeness (QED) is 0.253. The number of nitrogens with one attached hydrogen (secondary N) is 2. The van der Waals surface area contributed by atoms with E-state index in [2.05, 4.69) is 15.0 Å². The molecule has 15 nitrogen and oxygen atoms in total. The van der Waals surface area contributed by atoms with Gasteiger partial charge in [-0.05, 0) is 94.7 Å². The van der Waals surface area contributed by atoms with E-state index >= 15 is 4.79 Å². The van der Waals surface area contributed by atoms with Crippen LogP contribution in [0, 0.1) is 17.8 Å². The molecule has 1 aromatic heterocycles. The lowest BCUT2D eigenvalue weighted by molar-refractivity contribution is -0.222. The van der Waals surface area contributed by atoms with Crippen molar-refractivity contribution in [2.75, 3.05) is 20.8 Å². The Morgan fingerprint density at radius 1 is 1.12 bits per heavy atom. The molecular formula is C41H54F3N5O10S. The molecule has 0 radical (unpaired) electrons. The maximum atomic E-state index is 15.2. The van der Waals surface area contributed by atoms with Gasteiger partial charge < -0.3 is 29.5 Å². The first kappa shape index (κ1) is 44.7. The number of rotatable bonds is 10. The molecule has 2 aliphatic heterocycles. The van der Waals surface area contributed by atoms with Gasteiger partial charge in [0.1, 0.15) is 35.0 Å². The molecule has 0 unspecified atom stereocenters. The summed E-state index contributed by atoms with van der Waals surface area (Å²) in [6.07, 6.45) is -2.80. The molecule has 0 bridgehead atoms. The molecule has 2 aromatic rings. The number of sulfonamides is 1. The molecule has 7 atom stereocenters. The summed E-state index contributed by atoms with van der Waals surface area (Å²) in [5.74, 6) is -3.87. The minimum atomic E-state index is -5.11. The van der Waals surface area contributed by atoms with Crippen molar-refractivity contribution >= 4 is 44.6 Å². The lowest BCUT2D eigenvalue weighted by Crippen LogP contribution is -2.66. The fraction of sp³-hybridized carbons (Fsp3) is 0.634. The van der Waals surface area contributed by atoms with Crippen LogP contribution in [-0.4, -0.2) is 113 Å². The highest BCUT2D eigenvalue weighted by molar-refractivity contribution is 7.91. The van der Waals surface area contributed by atoms with Gasteiger partial charge in [-0.1, -0.05) is 32.4 Å². The van der Waals surface area contributed by atoms with Crippen LogP contribution in [0.4, 0.5) is 18.0 Å². The summed E-state index contributed by atoms with van der Waals surface area (Å²) in [7, 11) is -1.24. The second-order valence-electron chi connectivity index (χ2n) is 17.4. The number of carbonyl (C=O) groups excluding carboxylic acids is 3. The highest BCUT2D eigenvalue weighted by Crippen LogP contribution is 2.48. The zero-order chi connectivity index (χ0) is 44.2. The van der Waals surface area contributed by atoms with Gasteiger partial charge in [-0.3, -0.25) is 24.0 Å². The van der Waals surface area contributed by atoms with Crippen LogP contribution in [0.5, 0.6) is 17.5 Å². The van der Waals surface area contributed by atoms with Crippen LogP contribution in [0.1, 0.15) is 86.0 Å². The molecule has 2 saturated carbocycles. The Balaban J connectivity index is 1.45. The van der Waals surface area contributed by atoms with Crippen LogP contribution < -0.4 is 24.2 Å². The van der Waals surface area contributed by atoms with Gasteiger partial charge in [0, 0.05) is 23.8 Å². The Morgan fingerprint density at radius 3 is 2.42 bits per heavy atom. The molecule has 4 aliphatic rings. The molecule has 3 N–H and O–H groups in total. The van der Waals surface area contributed by atoms with Crippen molar-refractivity contribution in [3.05, 3.63) is 36.4 Å². The molecule has 1 saturated heterocycles. The highest BCUT2D eigenvalue weighted by Gasteiger charge is 2.64. The minimum absolute atomic E-state index is 0.0414. The Morgan fingerprint density at radius 2 is 1.82 bits per heavy atom. The first-order valence-electron chi connectivity index (χ1n) is 20.2. The predicted octanol–water partition coefficient (Wildman–Crippen LogP) is 5.57. The lowest BCUT2D eigenvalue weighted by atomic mass is 9.82. The van der Waals surface area contributed by atoms with Gasteiger partial charge in [-0.2, -0.15) is 18.2 Å². The van der Waals surface area contributed by atoms with Crippen LogP contribution in [0.15, 0.2) is 36.4 Å². The molecule has 3 heterocycles. The average molecular weight is 866 g/mol. The van der Waals surface area contributed by atoms with Crippen LogP contribution >= 0.6 is 0 Å². The number of alkyl halides is 3. The molecule has 4 amide bonds. The van der Waals surface area contributed by atoms with Crippen molar-refractivity contribution in [2.24, 2.45) is 17.8 Å². The van der Waals surface area contributed by atoms with E-state index in [1.54, 1.807) is 37.3 Å². The third-order valence-electron chi connectivity index (χ3n) is 12.8. The van der Waals surface area contributed by atoms with E-state index in [-0.39, 0.29) is 54.8 Å². The van der Waals surface area contributed by atoms with Crippen LogP contribution in [0.3, 0.4) is 0 Å². The van der Waals surface area contributed by atoms with Gasteiger partial charge in [0.25, 0.3) is 5.91 Å². The predicted molar refractivity (Wildman–Crippen MR) is 213 cm³/mol. The van der Waals surface area contributed by atoms with E-state index in [1.165, 1.54) is 21.1 Å². The molecule has 1 aromatic carbocycles. The number of pyridine rings is 1. The second kappa shape index (κ2) is 16.2. The Hall–Kier alpha value is -4.81. The third kappa shape index (κ3) is 8.42. The van der Waals surface area contributed by atoms with E-state index in [0.29, 0.717) is 56.1 Å². The molecule has 3 fully saturated rings. The Bertz CT molecular complexity index is 2160. The SMILES string of the molecule is CC[C@@H]1C[C@H](C)CC/C=C\[C@@H]2C[C@@]2(C(=O)NS(=O)(=O)C2(C)CC2)NC(=O)[C@@H]2C[C@@H](Oc3nc(OC)cc4cc(OC)ccc34)CN2C(=O)[C@H]1N(C(=O)O)C(C)(C)C(F)(F)F. The summed E-state index contributed by atoms with van der Waals surface area (Å²) < 4.78 is 89.2. The smallest absolute Gasteiger partial charge is 0.411 e. The van der Waals surface area contributed by atoms with Crippen molar-refractivity contribution in [1.29, 1.82) is 0 Å². The van der Waals surface area contributed by atoms with Gasteiger partial charge >= 0.3 is 12.3 Å². The van der Waals surface area contributed by atoms with E-state index in [1.807, 2.05) is 13.0 Å². The van der Waals surface area contributed by atoms with E-state index in [4.69, 9.17) is 14.2 Å². The number of carboxylic acid groups (broad SMARTS) is 1. The highest BCUT2D eigenvalue weighted by atomic mass is 32.2. The number of nitrogens with zero attached hydrogens (tertiary/aromatic N) is 3. The molecule has 6 rings (SSSR count). The fourth-order valence-corrected chi connectivity index (χ4v) is 9.74. The van der Waals surface area contributed by atoms with Gasteiger partial charge in [-0.25, -0.2) is 13.2 Å². The van der Waals surface area contributed by atoms with Crippen molar-refractivity contribution in [3.63, 3.8) is 0 Å². The minimum Gasteiger partial charge on any atom is -0.497 e. The number of fused-ring (bicyclic) bond motifs is 3. The number of aromatic nitrogens is 1. The molecular weight excluding hydrogens is 812 g/mol. The van der Waals surface area contributed by atoms with Gasteiger partial charge in [0.05, 0.1) is 25.5 Å². The van der Waals surface area contributed by atoms with Crippen LogP contribution in [-0.2, 0) is 24.4 Å². The summed E-state index contributed by atoms with van der Waals surface area (Å²) in [6.45, 7) is 6.07. The molecule has 0 spiro atoms. The monoisotopic (exact) mass is 865 g/mol. The van der Waals surface area contributed by atoms with Crippen molar-refractivity contribution in [2.45, 2.75) is 126 Å². The summed E-state index contributed by atoms with van der Waals surface area (Å²) in [6, 6.07) is 3.32. The number of hydrogen-bond donors (Lipinski definition) is 3. The van der Waals surface area contributed by atoms with Crippen LogP contribution in [0.2, 0.25) is 0 Å². The summed E-state index contributed by atoms with van der Waals surface area (Å²) >= 11 is 0. The average Bonchev–Trinajstić information content (AvgIpc) is 4.06. The normalized spacial score (nSPS) is 28.9. The van der Waals surface area contributed by atoms with Crippen molar-refractivity contribution in [3.8, 4) is 17.5 Å². The second-order valence-corrected chi connectivity index (χ2v) is 19.6. The van der Waals surface area contributed by atoms with E-state index in [9.17, 15) is 41.1 Å². The number of ether oxygens (including phenoxy) is 3. The van der Waals surface area contributed by atoms with E-state index < -0.39 is 85.9 Å². The number of allylic oxidation sites excluding steroid dienone is 1. The maximum absolute atomic E-state index is 15.2. The van der Waals surface area contributed by atoms with Gasteiger partial charge in [-0.15, -0.1) is 0 Å². The zero-order valence-electron chi connectivity index (χ0n) is 34.8. The van der Waals surface area contributed by atoms with E-state index in [0.717, 1.165) is 4.90 Å². The Kier molecular flexibility index (Phi) is 12.1. The lowest BCUT2D eigenvalue weighted by Gasteiger charge is -2.46. The number of methoxy groups -OCH3 is 2. The zero-order valence-corrected chi connectivity index (χ0v) is 35.6. The Labute approximate surface area is 347 Å². The number of hydrogen-bond acceptors (Lipinski definition) is 10. The number of halogens is 3. The number of benzene rings is 1. The van der Waals surface area contributed by atoms with Gasteiger partial charge in [0.2, 0.25) is 33.6 Å².